The maximum Gasteiger partial charge on any atom is 0.123 e. The van der Waals surface area contributed by atoms with Gasteiger partial charge in [-0.05, 0) is 55.5 Å². The molecule has 1 aliphatic rings. The van der Waals surface area contributed by atoms with Gasteiger partial charge >= 0.3 is 0 Å². The monoisotopic (exact) mass is 281 g/mol. The van der Waals surface area contributed by atoms with E-state index in [2.05, 4.69) is 12.2 Å². The van der Waals surface area contributed by atoms with Crippen LogP contribution < -0.4 is 10.1 Å². The van der Waals surface area contributed by atoms with E-state index in [1.165, 1.54) is 31.4 Å². The van der Waals surface area contributed by atoms with E-state index >= 15 is 0 Å². The van der Waals surface area contributed by atoms with Gasteiger partial charge in [-0.2, -0.15) is 0 Å². The van der Waals surface area contributed by atoms with Gasteiger partial charge in [-0.25, -0.2) is 4.39 Å². The number of ether oxygens (including phenoxy) is 1. The van der Waals surface area contributed by atoms with Crippen molar-refractivity contribution < 1.29 is 14.2 Å². The van der Waals surface area contributed by atoms with Crippen molar-refractivity contribution in [3.05, 3.63) is 30.1 Å². The van der Waals surface area contributed by atoms with Gasteiger partial charge in [0.15, 0.2) is 0 Å². The maximum atomic E-state index is 12.7. The first kappa shape index (κ1) is 15.3. The van der Waals surface area contributed by atoms with Crippen molar-refractivity contribution in [2.45, 2.75) is 32.3 Å². The van der Waals surface area contributed by atoms with Crippen LogP contribution in [0.1, 0.15) is 26.2 Å². The van der Waals surface area contributed by atoms with E-state index in [1.807, 2.05) is 0 Å². The van der Waals surface area contributed by atoms with Crippen LogP contribution in [0.4, 0.5) is 4.39 Å². The predicted octanol–water partition coefficient (Wildman–Crippen LogP) is 2.59. The molecule has 3 atom stereocenters. The Balaban J connectivity index is 1.58. The minimum absolute atomic E-state index is 0.222. The third kappa shape index (κ3) is 5.10. The van der Waals surface area contributed by atoms with E-state index in [0.29, 0.717) is 12.3 Å². The number of benzene rings is 1. The minimum atomic E-state index is -0.543. The van der Waals surface area contributed by atoms with E-state index < -0.39 is 6.10 Å². The van der Waals surface area contributed by atoms with Gasteiger partial charge < -0.3 is 15.2 Å². The summed E-state index contributed by atoms with van der Waals surface area (Å²) in [5.74, 6) is 1.88. The molecule has 1 saturated carbocycles. The lowest BCUT2D eigenvalue weighted by molar-refractivity contribution is 0.105. The molecule has 0 amide bonds. The summed E-state index contributed by atoms with van der Waals surface area (Å²) < 4.78 is 18.1. The molecule has 1 aliphatic carbocycles. The summed E-state index contributed by atoms with van der Waals surface area (Å²) in [4.78, 5) is 0. The fourth-order valence-corrected chi connectivity index (χ4v) is 2.75. The zero-order valence-corrected chi connectivity index (χ0v) is 12.0. The Morgan fingerprint density at radius 1 is 1.35 bits per heavy atom. The molecule has 0 spiro atoms. The second-order valence-electron chi connectivity index (χ2n) is 5.86. The highest BCUT2D eigenvalue weighted by atomic mass is 19.1. The van der Waals surface area contributed by atoms with Crippen LogP contribution in [0.5, 0.6) is 5.75 Å². The highest BCUT2D eigenvalue weighted by molar-refractivity contribution is 5.22. The molecule has 0 heterocycles. The zero-order valence-electron chi connectivity index (χ0n) is 12.0. The molecule has 1 aromatic carbocycles. The van der Waals surface area contributed by atoms with Crippen LogP contribution in [0.25, 0.3) is 0 Å². The lowest BCUT2D eigenvalue weighted by Crippen LogP contribution is -2.33. The van der Waals surface area contributed by atoms with Crippen LogP contribution in [0.15, 0.2) is 24.3 Å². The molecule has 0 saturated heterocycles. The smallest absolute Gasteiger partial charge is 0.123 e. The van der Waals surface area contributed by atoms with Crippen molar-refractivity contribution >= 4 is 0 Å². The lowest BCUT2D eigenvalue weighted by Gasteiger charge is -2.15. The van der Waals surface area contributed by atoms with E-state index in [4.69, 9.17) is 4.74 Å². The molecular weight excluding hydrogens is 257 g/mol. The Labute approximate surface area is 120 Å². The van der Waals surface area contributed by atoms with Crippen molar-refractivity contribution in [2.75, 3.05) is 19.7 Å². The Kier molecular flexibility index (Phi) is 5.80. The lowest BCUT2D eigenvalue weighted by atomic mass is 10.1. The summed E-state index contributed by atoms with van der Waals surface area (Å²) in [6.45, 7) is 4.02. The molecule has 2 N–H and O–H groups in total. The molecule has 3 nitrogen and oxygen atoms in total. The number of nitrogens with one attached hydrogen (secondary N) is 1. The van der Waals surface area contributed by atoms with Gasteiger partial charge in [0, 0.05) is 6.54 Å². The van der Waals surface area contributed by atoms with Gasteiger partial charge in [-0.1, -0.05) is 13.3 Å². The summed E-state index contributed by atoms with van der Waals surface area (Å²) in [5.41, 5.74) is 0. The van der Waals surface area contributed by atoms with Gasteiger partial charge in [0.2, 0.25) is 0 Å². The molecule has 0 aromatic heterocycles. The second kappa shape index (κ2) is 7.60. The van der Waals surface area contributed by atoms with Crippen molar-refractivity contribution in [3.8, 4) is 5.75 Å². The largest absolute Gasteiger partial charge is 0.491 e. The minimum Gasteiger partial charge on any atom is -0.491 e. The molecule has 0 radical (unpaired) electrons. The highest BCUT2D eigenvalue weighted by Crippen LogP contribution is 2.29. The van der Waals surface area contributed by atoms with Crippen molar-refractivity contribution in [2.24, 2.45) is 11.8 Å². The normalized spacial score (nSPS) is 23.8. The van der Waals surface area contributed by atoms with Crippen LogP contribution in [-0.4, -0.2) is 30.9 Å². The molecule has 1 fully saturated rings. The molecule has 112 valence electrons. The quantitative estimate of drug-likeness (QED) is 0.807. The predicted molar refractivity (Wildman–Crippen MR) is 77.3 cm³/mol. The second-order valence-corrected chi connectivity index (χ2v) is 5.86. The summed E-state index contributed by atoms with van der Waals surface area (Å²) >= 11 is 0. The summed E-state index contributed by atoms with van der Waals surface area (Å²) in [6, 6.07) is 5.83. The first-order valence-corrected chi connectivity index (χ1v) is 7.40. The van der Waals surface area contributed by atoms with E-state index in [-0.39, 0.29) is 12.4 Å². The highest BCUT2D eigenvalue weighted by Gasteiger charge is 2.20. The van der Waals surface area contributed by atoms with Crippen molar-refractivity contribution in [3.63, 3.8) is 0 Å². The first-order valence-electron chi connectivity index (χ1n) is 7.40. The number of hydrogen-bond donors (Lipinski definition) is 2. The summed E-state index contributed by atoms with van der Waals surface area (Å²) in [5, 5.41) is 13.1. The van der Waals surface area contributed by atoms with Gasteiger partial charge in [0.25, 0.3) is 0 Å². The zero-order chi connectivity index (χ0) is 14.4. The van der Waals surface area contributed by atoms with E-state index in [9.17, 15) is 9.50 Å². The van der Waals surface area contributed by atoms with Gasteiger partial charge in [-0.15, -0.1) is 0 Å². The third-order valence-electron chi connectivity index (χ3n) is 3.87. The van der Waals surface area contributed by atoms with E-state index in [0.717, 1.165) is 18.4 Å². The number of aliphatic hydroxyl groups excluding tert-OH is 1. The maximum absolute atomic E-state index is 12.7. The summed E-state index contributed by atoms with van der Waals surface area (Å²) in [7, 11) is 0. The Morgan fingerprint density at radius 3 is 2.75 bits per heavy atom. The topological polar surface area (TPSA) is 41.5 Å². The van der Waals surface area contributed by atoms with E-state index in [1.54, 1.807) is 12.1 Å². The number of halogens is 1. The fourth-order valence-electron chi connectivity index (χ4n) is 2.75. The van der Waals surface area contributed by atoms with Crippen LogP contribution in [0, 0.1) is 17.7 Å². The Hall–Kier alpha value is -1.13. The number of hydrogen-bond acceptors (Lipinski definition) is 3. The third-order valence-corrected chi connectivity index (χ3v) is 3.87. The fraction of sp³-hybridized carbons (Fsp3) is 0.625. The molecule has 0 aliphatic heterocycles. The van der Waals surface area contributed by atoms with Crippen molar-refractivity contribution in [1.82, 2.24) is 5.32 Å². The molecule has 0 bridgehead atoms. The number of aliphatic hydroxyl groups is 1. The first-order chi connectivity index (χ1) is 9.63. The van der Waals surface area contributed by atoms with Crippen LogP contribution >= 0.6 is 0 Å². The van der Waals surface area contributed by atoms with Crippen LogP contribution in [0.3, 0.4) is 0 Å². The van der Waals surface area contributed by atoms with Gasteiger partial charge in [0.05, 0.1) is 0 Å². The molecule has 1 aromatic rings. The average Bonchev–Trinajstić information content (AvgIpc) is 2.84. The number of rotatable bonds is 7. The Bertz CT molecular complexity index is 396. The SMILES string of the molecule is CC1CCC(CNCC(O)COc2ccc(F)cc2)C1. The van der Waals surface area contributed by atoms with Crippen LogP contribution in [0.2, 0.25) is 0 Å². The van der Waals surface area contributed by atoms with Gasteiger partial charge in [0.1, 0.15) is 24.3 Å². The van der Waals surface area contributed by atoms with Crippen molar-refractivity contribution in [1.29, 1.82) is 0 Å². The molecule has 4 heteroatoms. The molecule has 20 heavy (non-hydrogen) atoms. The average molecular weight is 281 g/mol. The summed E-state index contributed by atoms with van der Waals surface area (Å²) in [6.07, 6.45) is 3.35. The van der Waals surface area contributed by atoms with Gasteiger partial charge in [-0.3, -0.25) is 0 Å². The molecule has 3 unspecified atom stereocenters. The van der Waals surface area contributed by atoms with Crippen LogP contribution in [-0.2, 0) is 0 Å². The Morgan fingerprint density at radius 2 is 2.10 bits per heavy atom. The molecule has 2 rings (SSSR count). The molecular formula is C16H24FNO2. The standard InChI is InChI=1S/C16H24FNO2/c1-12-2-3-13(8-12)9-18-10-15(19)11-20-16-6-4-14(17)5-7-16/h4-7,12-13,15,18-19H,2-3,8-11H2,1H3.